The lowest BCUT2D eigenvalue weighted by Gasteiger charge is -2.31. The molecular formula is C28H35BrF3N3O4S. The second-order valence-electron chi connectivity index (χ2n) is 10.2. The van der Waals surface area contributed by atoms with Crippen molar-refractivity contribution < 1.29 is 31.2 Å². The van der Waals surface area contributed by atoms with E-state index < -0.39 is 27.8 Å². The average Bonchev–Trinajstić information content (AvgIpc) is 2.88. The van der Waals surface area contributed by atoms with E-state index in [1.54, 1.807) is 6.92 Å². The first-order valence-corrected chi connectivity index (χ1v) is 15.9. The normalized spacial score (nSPS) is 15.3. The molecule has 0 heterocycles. The van der Waals surface area contributed by atoms with Crippen LogP contribution < -0.4 is 9.62 Å². The van der Waals surface area contributed by atoms with Crippen LogP contribution in [0.3, 0.4) is 0 Å². The molecule has 2 aromatic carbocycles. The number of amides is 2. The summed E-state index contributed by atoms with van der Waals surface area (Å²) in [6.45, 7) is 1.64. The van der Waals surface area contributed by atoms with E-state index in [4.69, 9.17) is 0 Å². The van der Waals surface area contributed by atoms with Crippen LogP contribution in [0.2, 0.25) is 0 Å². The molecule has 12 heteroatoms. The molecular weight excluding hydrogens is 611 g/mol. The van der Waals surface area contributed by atoms with Gasteiger partial charge in [0.05, 0.1) is 17.5 Å². The number of hydrogen-bond donors (Lipinski definition) is 1. The van der Waals surface area contributed by atoms with Crippen molar-refractivity contribution in [3.63, 3.8) is 0 Å². The van der Waals surface area contributed by atoms with Gasteiger partial charge in [0.1, 0.15) is 6.04 Å². The molecule has 220 valence electrons. The molecule has 2 aromatic rings. The number of rotatable bonds is 11. The predicted molar refractivity (Wildman–Crippen MR) is 152 cm³/mol. The molecule has 1 fully saturated rings. The highest BCUT2D eigenvalue weighted by molar-refractivity contribution is 9.10. The van der Waals surface area contributed by atoms with E-state index in [9.17, 15) is 31.2 Å². The van der Waals surface area contributed by atoms with Gasteiger partial charge in [-0.15, -0.1) is 0 Å². The summed E-state index contributed by atoms with van der Waals surface area (Å²) in [6, 6.07) is 10.7. The quantitative estimate of drug-likeness (QED) is 0.331. The highest BCUT2D eigenvalue weighted by Gasteiger charge is 2.32. The van der Waals surface area contributed by atoms with Gasteiger partial charge in [0.15, 0.2) is 0 Å². The maximum atomic E-state index is 13.4. The van der Waals surface area contributed by atoms with Crippen molar-refractivity contribution in [2.75, 3.05) is 17.1 Å². The van der Waals surface area contributed by atoms with Gasteiger partial charge < -0.3 is 10.2 Å². The minimum Gasteiger partial charge on any atom is -0.352 e. The van der Waals surface area contributed by atoms with E-state index in [2.05, 4.69) is 21.2 Å². The zero-order valence-corrected chi connectivity index (χ0v) is 25.0. The van der Waals surface area contributed by atoms with Crippen molar-refractivity contribution >= 4 is 43.5 Å². The van der Waals surface area contributed by atoms with E-state index in [1.165, 1.54) is 11.0 Å². The molecule has 1 aliphatic carbocycles. The number of sulfonamides is 1. The van der Waals surface area contributed by atoms with Gasteiger partial charge in [0.25, 0.3) is 0 Å². The number of halogens is 4. The van der Waals surface area contributed by atoms with Gasteiger partial charge >= 0.3 is 6.18 Å². The molecule has 1 aliphatic rings. The van der Waals surface area contributed by atoms with Crippen molar-refractivity contribution in [2.24, 2.45) is 0 Å². The Hall–Kier alpha value is -2.60. The number of carbonyl (C=O) groups is 2. The van der Waals surface area contributed by atoms with Crippen LogP contribution in [0.5, 0.6) is 0 Å². The van der Waals surface area contributed by atoms with Gasteiger partial charge in [-0.3, -0.25) is 13.9 Å². The predicted octanol–water partition coefficient (Wildman–Crippen LogP) is 5.88. The van der Waals surface area contributed by atoms with Crippen molar-refractivity contribution in [1.82, 2.24) is 10.2 Å². The van der Waals surface area contributed by atoms with E-state index in [-0.39, 0.29) is 49.5 Å². The Morgan fingerprint density at radius 1 is 1.07 bits per heavy atom. The lowest BCUT2D eigenvalue weighted by molar-refractivity contribution is -0.141. The fourth-order valence-electron chi connectivity index (χ4n) is 4.82. The Morgan fingerprint density at radius 2 is 1.75 bits per heavy atom. The summed E-state index contributed by atoms with van der Waals surface area (Å²) >= 11 is 3.42. The summed E-state index contributed by atoms with van der Waals surface area (Å²) in [7, 11) is -3.93. The van der Waals surface area contributed by atoms with E-state index in [0.717, 1.165) is 70.9 Å². The molecule has 0 bridgehead atoms. The first-order chi connectivity index (χ1) is 18.8. The number of hydrogen-bond acceptors (Lipinski definition) is 4. The highest BCUT2D eigenvalue weighted by atomic mass is 79.9. The van der Waals surface area contributed by atoms with Crippen LogP contribution in [0.15, 0.2) is 53.0 Å². The summed E-state index contributed by atoms with van der Waals surface area (Å²) < 4.78 is 66.2. The summed E-state index contributed by atoms with van der Waals surface area (Å²) in [5.74, 6) is -0.610. The van der Waals surface area contributed by atoms with Crippen LogP contribution in [-0.2, 0) is 32.3 Å². The monoisotopic (exact) mass is 645 g/mol. The number of anilines is 1. The Balaban J connectivity index is 1.74. The molecule has 7 nitrogen and oxygen atoms in total. The van der Waals surface area contributed by atoms with E-state index in [1.807, 2.05) is 24.3 Å². The third-order valence-corrected chi connectivity index (χ3v) is 8.66. The van der Waals surface area contributed by atoms with E-state index >= 15 is 0 Å². The molecule has 0 spiro atoms. The Labute approximate surface area is 242 Å². The van der Waals surface area contributed by atoms with Crippen LogP contribution >= 0.6 is 15.9 Å². The van der Waals surface area contributed by atoms with Crippen LogP contribution in [0.1, 0.15) is 63.0 Å². The number of carbonyl (C=O) groups excluding carboxylic acids is 2. The second kappa shape index (κ2) is 13.8. The van der Waals surface area contributed by atoms with Gasteiger partial charge in [-0.2, -0.15) is 13.2 Å². The molecule has 40 heavy (non-hydrogen) atoms. The van der Waals surface area contributed by atoms with Crippen molar-refractivity contribution in [3.05, 3.63) is 64.1 Å². The second-order valence-corrected chi connectivity index (χ2v) is 13.0. The summed E-state index contributed by atoms with van der Waals surface area (Å²) in [5, 5.41) is 3.06. The zero-order chi connectivity index (χ0) is 29.5. The molecule has 0 saturated heterocycles. The van der Waals surface area contributed by atoms with Gasteiger partial charge in [-0.25, -0.2) is 8.42 Å². The summed E-state index contributed by atoms with van der Waals surface area (Å²) in [6.07, 6.45) is 1.26. The number of alkyl halides is 3. The molecule has 3 rings (SSSR count). The van der Waals surface area contributed by atoms with Crippen LogP contribution in [-0.4, -0.2) is 50.0 Å². The maximum absolute atomic E-state index is 13.4. The van der Waals surface area contributed by atoms with E-state index in [0.29, 0.717) is 0 Å². The molecule has 0 aromatic heterocycles. The van der Waals surface area contributed by atoms with Crippen LogP contribution in [0, 0.1) is 0 Å². The number of benzene rings is 2. The Bertz CT molecular complexity index is 1280. The molecule has 1 saturated carbocycles. The number of nitrogens with one attached hydrogen (secondary N) is 1. The minimum atomic E-state index is -4.63. The van der Waals surface area contributed by atoms with Crippen molar-refractivity contribution in [1.29, 1.82) is 0 Å². The van der Waals surface area contributed by atoms with Gasteiger partial charge in [0.2, 0.25) is 21.8 Å². The smallest absolute Gasteiger partial charge is 0.352 e. The fraction of sp³-hybridized carbons (Fsp3) is 0.500. The summed E-state index contributed by atoms with van der Waals surface area (Å²) in [4.78, 5) is 28.0. The molecule has 0 aliphatic heterocycles. The molecule has 2 amide bonds. The van der Waals surface area contributed by atoms with Crippen LogP contribution in [0.4, 0.5) is 18.9 Å². The fourth-order valence-corrected chi connectivity index (χ4v) is 6.23. The van der Waals surface area contributed by atoms with Crippen molar-refractivity contribution in [2.45, 2.75) is 76.7 Å². The minimum absolute atomic E-state index is 0.0497. The lowest BCUT2D eigenvalue weighted by Crippen LogP contribution is -2.50. The number of nitrogens with zero attached hydrogens (tertiary/aromatic N) is 2. The zero-order valence-electron chi connectivity index (χ0n) is 22.6. The first-order valence-electron chi connectivity index (χ1n) is 13.2. The molecule has 1 N–H and O–H groups in total. The molecule has 0 unspecified atom stereocenters. The Morgan fingerprint density at radius 3 is 2.38 bits per heavy atom. The maximum Gasteiger partial charge on any atom is 0.416 e. The molecule has 1 atom stereocenters. The van der Waals surface area contributed by atoms with Gasteiger partial charge in [-0.05, 0) is 62.1 Å². The van der Waals surface area contributed by atoms with Crippen molar-refractivity contribution in [3.8, 4) is 0 Å². The highest BCUT2D eigenvalue weighted by Crippen LogP contribution is 2.32. The first kappa shape index (κ1) is 31.9. The third-order valence-electron chi connectivity index (χ3n) is 6.97. The summed E-state index contributed by atoms with van der Waals surface area (Å²) in [5.41, 5.74) is -0.287. The third kappa shape index (κ3) is 9.22. The largest absolute Gasteiger partial charge is 0.416 e. The average molecular weight is 647 g/mol. The topological polar surface area (TPSA) is 86.8 Å². The van der Waals surface area contributed by atoms with Gasteiger partial charge in [-0.1, -0.05) is 53.4 Å². The molecule has 0 radical (unpaired) electrons. The Kier molecular flexibility index (Phi) is 11.0. The SMILES string of the molecule is C[C@H](C(=O)NC1CCCCC1)N(Cc1cccc(Br)c1)C(=O)CCCN(c1cccc(C(F)(F)F)c1)S(C)(=O)=O. The standard InChI is InChI=1S/C28H35BrF3N3O4S/c1-20(27(37)33-24-12-4-3-5-13-24)34(19-21-9-6-11-23(29)17-21)26(36)15-8-16-35(40(2,38)39)25-14-7-10-22(18-25)28(30,31)32/h6-7,9-11,14,17-18,20,24H,3-5,8,12-13,15-16,19H2,1-2H3,(H,33,37)/t20-/m1/s1. The lowest BCUT2D eigenvalue weighted by atomic mass is 9.95. The van der Waals surface area contributed by atoms with Crippen LogP contribution in [0.25, 0.3) is 0 Å². The van der Waals surface area contributed by atoms with Gasteiger partial charge in [0, 0.05) is 30.0 Å².